The predicted octanol–water partition coefficient (Wildman–Crippen LogP) is 0.0862. The molecule has 2 atom stereocenters. The van der Waals surface area contributed by atoms with Gasteiger partial charge in [-0.15, -0.1) is 5.10 Å². The van der Waals surface area contributed by atoms with E-state index < -0.39 is 31.0 Å². The highest BCUT2D eigenvalue weighted by Crippen LogP contribution is 2.09. The molecule has 5 N–H and O–H groups in total. The first-order chi connectivity index (χ1) is 20.6. The summed E-state index contributed by atoms with van der Waals surface area (Å²) in [6.45, 7) is 5.49. The lowest BCUT2D eigenvalue weighted by Crippen LogP contribution is -2.55. The van der Waals surface area contributed by atoms with Gasteiger partial charge in [0.25, 0.3) is 0 Å². The van der Waals surface area contributed by atoms with Crippen LogP contribution in [0, 0.1) is 5.92 Å². The van der Waals surface area contributed by atoms with Crippen molar-refractivity contribution in [3.8, 4) is 0 Å². The SMILES string of the molecule is CC(C)C[C@H](NC(=O)[C@H](Cc1ccccc1)NC(=O)C/C=C/c1cn(CCOCCOCCOCC(=O)O)nn1)B(O)O. The molecule has 1 heterocycles. The van der Waals surface area contributed by atoms with Crippen LogP contribution < -0.4 is 10.6 Å². The third-order valence-corrected chi connectivity index (χ3v) is 5.93. The number of nitrogens with zero attached hydrogens (tertiary/aromatic N) is 3. The quantitative estimate of drug-likeness (QED) is 0.0904. The summed E-state index contributed by atoms with van der Waals surface area (Å²) < 4.78 is 17.2. The van der Waals surface area contributed by atoms with Gasteiger partial charge in [-0.05, 0) is 24.0 Å². The Morgan fingerprint density at radius 1 is 1.00 bits per heavy atom. The van der Waals surface area contributed by atoms with Crippen LogP contribution in [-0.2, 0) is 41.6 Å². The summed E-state index contributed by atoms with van der Waals surface area (Å²) in [5.74, 6) is -2.64. The number of ether oxygens (including phenoxy) is 3. The fourth-order valence-corrected chi connectivity index (χ4v) is 3.90. The fraction of sp³-hybridized carbons (Fsp3) is 0.536. The average Bonchev–Trinajstić information content (AvgIpc) is 3.40. The van der Waals surface area contributed by atoms with Gasteiger partial charge in [0.05, 0.1) is 51.7 Å². The summed E-state index contributed by atoms with van der Waals surface area (Å²) in [5, 5.41) is 41.4. The Bertz CT molecular complexity index is 1130. The molecule has 1 aromatic heterocycles. The van der Waals surface area contributed by atoms with Gasteiger partial charge in [0.2, 0.25) is 11.8 Å². The van der Waals surface area contributed by atoms with E-state index in [1.807, 2.05) is 44.2 Å². The maximum atomic E-state index is 13.1. The third-order valence-electron chi connectivity index (χ3n) is 5.93. The third kappa shape index (κ3) is 16.0. The lowest BCUT2D eigenvalue weighted by molar-refractivity contribution is -0.142. The zero-order chi connectivity index (χ0) is 31.5. The fourth-order valence-electron chi connectivity index (χ4n) is 3.90. The van der Waals surface area contributed by atoms with Crippen molar-refractivity contribution >= 4 is 31.0 Å². The van der Waals surface area contributed by atoms with E-state index in [-0.39, 0.29) is 44.5 Å². The zero-order valence-corrected chi connectivity index (χ0v) is 24.6. The summed E-state index contributed by atoms with van der Waals surface area (Å²) in [6, 6.07) is 8.33. The number of aliphatic carboxylic acids is 1. The van der Waals surface area contributed by atoms with Gasteiger partial charge in [-0.25, -0.2) is 9.48 Å². The van der Waals surface area contributed by atoms with Crippen LogP contribution in [-0.4, -0.2) is 107 Å². The second-order valence-corrected chi connectivity index (χ2v) is 10.2. The first-order valence-electron chi connectivity index (χ1n) is 14.2. The van der Waals surface area contributed by atoms with Gasteiger partial charge in [0, 0.05) is 12.8 Å². The topological polar surface area (TPSA) is 194 Å². The molecule has 0 saturated carbocycles. The van der Waals surface area contributed by atoms with Crippen LogP contribution >= 0.6 is 0 Å². The van der Waals surface area contributed by atoms with E-state index >= 15 is 0 Å². The molecule has 2 rings (SSSR count). The smallest absolute Gasteiger partial charge is 0.475 e. The monoisotopic (exact) mass is 603 g/mol. The molecule has 0 unspecified atom stereocenters. The van der Waals surface area contributed by atoms with Crippen molar-refractivity contribution in [1.29, 1.82) is 0 Å². The largest absolute Gasteiger partial charge is 0.480 e. The number of benzene rings is 1. The van der Waals surface area contributed by atoms with Gasteiger partial charge < -0.3 is 40.0 Å². The molecule has 2 amide bonds. The standard InChI is InChI=1S/C28H42BN5O9/c1-21(2)17-25(29(39)40)31-28(38)24(18-22-7-4-3-5-8-22)30-26(35)10-6-9-23-19-34(33-32-23)11-12-41-13-14-42-15-16-43-20-27(36)37/h3-9,19,21,24-25,39-40H,10-18,20H2,1-2H3,(H,30,35)(H,31,38)(H,36,37)/b9-6+/t24-,25-/m0/s1. The van der Waals surface area contributed by atoms with Gasteiger partial charge in [0.15, 0.2) is 0 Å². The molecular formula is C28H42BN5O9. The van der Waals surface area contributed by atoms with Gasteiger partial charge in [0.1, 0.15) is 18.3 Å². The first kappa shape index (κ1) is 35.6. The summed E-state index contributed by atoms with van der Waals surface area (Å²) in [5.41, 5.74) is 1.39. The van der Waals surface area contributed by atoms with Gasteiger partial charge in [-0.1, -0.05) is 55.5 Å². The first-order valence-corrected chi connectivity index (χ1v) is 14.2. The van der Waals surface area contributed by atoms with Crippen LogP contribution in [0.4, 0.5) is 0 Å². The molecule has 0 fully saturated rings. The van der Waals surface area contributed by atoms with Crippen molar-refractivity contribution in [2.45, 2.75) is 51.6 Å². The number of hydrogen-bond acceptors (Lipinski definition) is 10. The number of aromatic nitrogens is 3. The van der Waals surface area contributed by atoms with Crippen molar-refractivity contribution < 1.29 is 43.7 Å². The molecule has 0 aliphatic heterocycles. The second kappa shape index (κ2) is 20.3. The van der Waals surface area contributed by atoms with E-state index in [4.69, 9.17) is 19.3 Å². The highest BCUT2D eigenvalue weighted by molar-refractivity contribution is 6.43. The van der Waals surface area contributed by atoms with Crippen LogP contribution in [0.15, 0.2) is 42.6 Å². The predicted molar refractivity (Wildman–Crippen MR) is 157 cm³/mol. The Kier molecular flexibility index (Phi) is 16.8. The van der Waals surface area contributed by atoms with E-state index in [1.165, 1.54) is 0 Å². The molecule has 0 aliphatic carbocycles. The summed E-state index contributed by atoms with van der Waals surface area (Å²) in [6.07, 6.45) is 5.57. The lowest BCUT2D eigenvalue weighted by atomic mass is 9.75. The van der Waals surface area contributed by atoms with Crippen molar-refractivity contribution in [2.24, 2.45) is 5.92 Å². The average molecular weight is 603 g/mol. The highest BCUT2D eigenvalue weighted by atomic mass is 16.5. The Morgan fingerprint density at radius 2 is 1.67 bits per heavy atom. The summed E-state index contributed by atoms with van der Waals surface area (Å²) >= 11 is 0. The molecule has 0 bridgehead atoms. The highest BCUT2D eigenvalue weighted by Gasteiger charge is 2.29. The second-order valence-electron chi connectivity index (χ2n) is 10.2. The van der Waals surface area contributed by atoms with E-state index in [1.54, 1.807) is 23.0 Å². The van der Waals surface area contributed by atoms with E-state index in [0.29, 0.717) is 38.5 Å². The molecule has 0 radical (unpaired) electrons. The number of nitrogens with one attached hydrogen (secondary N) is 2. The van der Waals surface area contributed by atoms with Crippen LogP contribution in [0.3, 0.4) is 0 Å². The molecule has 15 heteroatoms. The molecule has 43 heavy (non-hydrogen) atoms. The molecule has 0 spiro atoms. The van der Waals surface area contributed by atoms with E-state index in [2.05, 4.69) is 20.9 Å². The maximum Gasteiger partial charge on any atom is 0.475 e. The van der Waals surface area contributed by atoms with Crippen molar-refractivity contribution in [3.05, 3.63) is 53.9 Å². The number of hydrogen-bond donors (Lipinski definition) is 5. The molecule has 2 aromatic rings. The Balaban J connectivity index is 1.78. The molecule has 236 valence electrons. The van der Waals surface area contributed by atoms with Crippen molar-refractivity contribution in [3.63, 3.8) is 0 Å². The molecule has 0 aliphatic rings. The Morgan fingerprint density at radius 3 is 2.33 bits per heavy atom. The molecule has 14 nitrogen and oxygen atoms in total. The maximum absolute atomic E-state index is 13.1. The van der Waals surface area contributed by atoms with Crippen molar-refractivity contribution in [2.75, 3.05) is 39.6 Å². The Hall–Kier alpha value is -3.63. The minimum atomic E-state index is -1.72. The van der Waals surface area contributed by atoms with E-state index in [0.717, 1.165) is 5.56 Å². The molecule has 1 aromatic carbocycles. The summed E-state index contributed by atoms with van der Waals surface area (Å²) in [4.78, 5) is 36.1. The van der Waals surface area contributed by atoms with Crippen LogP contribution in [0.1, 0.15) is 37.9 Å². The van der Waals surface area contributed by atoms with Crippen LogP contribution in [0.2, 0.25) is 0 Å². The minimum absolute atomic E-state index is 0.00602. The number of carboxylic acid groups (broad SMARTS) is 1. The zero-order valence-electron chi connectivity index (χ0n) is 24.6. The van der Waals surface area contributed by atoms with E-state index in [9.17, 15) is 24.4 Å². The van der Waals surface area contributed by atoms with Gasteiger partial charge >= 0.3 is 13.1 Å². The lowest BCUT2D eigenvalue weighted by Gasteiger charge is -2.24. The normalized spacial score (nSPS) is 12.8. The van der Waals surface area contributed by atoms with Crippen LogP contribution in [0.25, 0.3) is 6.08 Å². The van der Waals surface area contributed by atoms with Crippen molar-refractivity contribution in [1.82, 2.24) is 25.6 Å². The molecule has 0 saturated heterocycles. The Labute approximate surface area is 251 Å². The summed E-state index contributed by atoms with van der Waals surface area (Å²) in [7, 11) is -1.72. The number of carbonyl (C=O) groups excluding carboxylic acids is 2. The minimum Gasteiger partial charge on any atom is -0.480 e. The van der Waals surface area contributed by atoms with Gasteiger partial charge in [-0.2, -0.15) is 0 Å². The molecular weight excluding hydrogens is 561 g/mol. The number of rotatable bonds is 22. The number of amides is 2. The van der Waals surface area contributed by atoms with Crippen LogP contribution in [0.5, 0.6) is 0 Å². The van der Waals surface area contributed by atoms with Gasteiger partial charge in [-0.3, -0.25) is 9.59 Å². The number of carbonyl (C=O) groups is 3. The number of carboxylic acids is 1.